The largest absolute Gasteiger partial charge is 0.463 e. The van der Waals surface area contributed by atoms with Gasteiger partial charge in [-0.2, -0.15) is 0 Å². The summed E-state index contributed by atoms with van der Waals surface area (Å²) in [6.45, 7) is 3.41. The molecule has 1 aliphatic heterocycles. The van der Waals surface area contributed by atoms with Crippen LogP contribution in [0.1, 0.15) is 58.8 Å². The van der Waals surface area contributed by atoms with E-state index in [9.17, 15) is 19.2 Å². The highest BCUT2D eigenvalue weighted by Gasteiger charge is 2.51. The van der Waals surface area contributed by atoms with Gasteiger partial charge in [-0.1, -0.05) is 0 Å². The van der Waals surface area contributed by atoms with Crippen LogP contribution >= 0.6 is 0 Å². The van der Waals surface area contributed by atoms with Crippen LogP contribution in [0, 0.1) is 17.8 Å². The molecule has 4 saturated carbocycles. The summed E-state index contributed by atoms with van der Waals surface area (Å²) in [5.74, 6) is 1.09. The minimum atomic E-state index is -0.577. The zero-order valence-electron chi connectivity index (χ0n) is 19.3. The Morgan fingerprint density at radius 3 is 2.30 bits per heavy atom. The molecule has 1 atom stereocenters. The predicted octanol–water partition coefficient (Wildman–Crippen LogP) is 1.71. The fourth-order valence-electron chi connectivity index (χ4n) is 6.44. The second-order valence-corrected chi connectivity index (χ2v) is 9.92. The summed E-state index contributed by atoms with van der Waals surface area (Å²) < 4.78 is 10.3. The van der Waals surface area contributed by atoms with E-state index in [1.165, 1.54) is 19.3 Å². The molecular weight excluding hydrogens is 428 g/mol. The first-order valence-electron chi connectivity index (χ1n) is 12.0. The number of ether oxygens (including phenoxy) is 2. The SMILES string of the molecule is CCOC(=O)C1=C(COC(=O)CCNC(=O)NC23CC4CC(CC(C4)C2)C3)NC(=O)NC1C. The van der Waals surface area contributed by atoms with Crippen molar-refractivity contribution >= 4 is 24.0 Å². The maximum absolute atomic E-state index is 12.5. The first kappa shape index (κ1) is 23.4. The van der Waals surface area contributed by atoms with Gasteiger partial charge >= 0.3 is 24.0 Å². The van der Waals surface area contributed by atoms with Gasteiger partial charge in [0.2, 0.25) is 0 Å². The zero-order chi connectivity index (χ0) is 23.6. The van der Waals surface area contributed by atoms with Crippen molar-refractivity contribution in [3.05, 3.63) is 11.3 Å². The molecule has 0 radical (unpaired) electrons. The molecule has 4 N–H and O–H groups in total. The van der Waals surface area contributed by atoms with Gasteiger partial charge in [0.1, 0.15) is 6.61 Å². The van der Waals surface area contributed by atoms with E-state index in [0.29, 0.717) is 0 Å². The summed E-state index contributed by atoms with van der Waals surface area (Å²) in [6, 6.07) is -1.29. The lowest BCUT2D eigenvalue weighted by Gasteiger charge is -2.56. The van der Waals surface area contributed by atoms with E-state index in [4.69, 9.17) is 9.47 Å². The molecule has 33 heavy (non-hydrogen) atoms. The van der Waals surface area contributed by atoms with Crippen molar-refractivity contribution in [2.24, 2.45) is 17.8 Å². The number of urea groups is 2. The van der Waals surface area contributed by atoms with Crippen molar-refractivity contribution < 1.29 is 28.7 Å². The van der Waals surface area contributed by atoms with Gasteiger partial charge in [-0.05, 0) is 70.1 Å². The van der Waals surface area contributed by atoms with Gasteiger partial charge in [-0.3, -0.25) is 4.79 Å². The third-order valence-electron chi connectivity index (χ3n) is 7.27. The molecule has 0 saturated heterocycles. The summed E-state index contributed by atoms with van der Waals surface area (Å²) in [6.07, 6.45) is 7.08. The van der Waals surface area contributed by atoms with Crippen LogP contribution in [0.2, 0.25) is 0 Å². The van der Waals surface area contributed by atoms with Crippen LogP contribution in [0.5, 0.6) is 0 Å². The van der Waals surface area contributed by atoms with E-state index in [0.717, 1.165) is 37.0 Å². The van der Waals surface area contributed by atoms with E-state index in [1.54, 1.807) is 13.8 Å². The smallest absolute Gasteiger partial charge is 0.338 e. The Kier molecular flexibility index (Phi) is 6.81. The van der Waals surface area contributed by atoms with Gasteiger partial charge in [-0.15, -0.1) is 0 Å². The number of hydrogen-bond donors (Lipinski definition) is 4. The van der Waals surface area contributed by atoms with E-state index < -0.39 is 24.0 Å². The van der Waals surface area contributed by atoms with E-state index >= 15 is 0 Å². The van der Waals surface area contributed by atoms with Gasteiger partial charge in [0.05, 0.1) is 30.3 Å². The molecule has 10 nitrogen and oxygen atoms in total. The predicted molar refractivity (Wildman–Crippen MR) is 118 cm³/mol. The number of carbonyl (C=O) groups is 4. The third kappa shape index (κ3) is 5.42. The van der Waals surface area contributed by atoms with Gasteiger partial charge < -0.3 is 30.7 Å². The van der Waals surface area contributed by atoms with Crippen molar-refractivity contribution in [2.45, 2.75) is 70.4 Å². The number of nitrogens with one attached hydrogen (secondary N) is 4. The minimum Gasteiger partial charge on any atom is -0.463 e. The molecule has 0 aromatic rings. The van der Waals surface area contributed by atoms with Crippen LogP contribution < -0.4 is 21.3 Å². The highest BCUT2D eigenvalue weighted by Crippen LogP contribution is 2.55. The Labute approximate surface area is 193 Å². The fraction of sp³-hybridized carbons (Fsp3) is 0.739. The molecule has 182 valence electrons. The first-order valence-corrected chi connectivity index (χ1v) is 12.0. The fourth-order valence-corrected chi connectivity index (χ4v) is 6.44. The monoisotopic (exact) mass is 462 g/mol. The van der Waals surface area contributed by atoms with Crippen molar-refractivity contribution in [3.8, 4) is 0 Å². The number of rotatable bonds is 8. The maximum atomic E-state index is 12.5. The molecule has 0 aromatic heterocycles. The molecule has 5 rings (SSSR count). The Morgan fingerprint density at radius 2 is 1.70 bits per heavy atom. The van der Waals surface area contributed by atoms with Crippen LogP contribution in [-0.2, 0) is 19.1 Å². The quantitative estimate of drug-likeness (QED) is 0.406. The Bertz CT molecular complexity index is 819. The van der Waals surface area contributed by atoms with E-state index in [2.05, 4.69) is 21.3 Å². The third-order valence-corrected chi connectivity index (χ3v) is 7.27. The van der Waals surface area contributed by atoms with Gasteiger partial charge in [0, 0.05) is 12.1 Å². The maximum Gasteiger partial charge on any atom is 0.338 e. The topological polar surface area (TPSA) is 135 Å². The number of hydrogen-bond acceptors (Lipinski definition) is 6. The number of amides is 4. The van der Waals surface area contributed by atoms with Crippen LogP contribution in [0.15, 0.2) is 11.3 Å². The molecule has 5 aliphatic rings. The number of esters is 2. The highest BCUT2D eigenvalue weighted by molar-refractivity contribution is 5.94. The normalized spacial score (nSPS) is 32.0. The van der Waals surface area contributed by atoms with Gasteiger partial charge in [0.25, 0.3) is 0 Å². The first-order chi connectivity index (χ1) is 15.8. The summed E-state index contributed by atoms with van der Waals surface area (Å²) in [5.41, 5.74) is 0.335. The lowest BCUT2D eigenvalue weighted by atomic mass is 9.53. The van der Waals surface area contributed by atoms with Crippen molar-refractivity contribution in [2.75, 3.05) is 19.8 Å². The van der Waals surface area contributed by atoms with Crippen LogP contribution in [0.4, 0.5) is 9.59 Å². The van der Waals surface area contributed by atoms with Crippen molar-refractivity contribution in [1.29, 1.82) is 0 Å². The van der Waals surface area contributed by atoms with Gasteiger partial charge in [-0.25, -0.2) is 14.4 Å². The zero-order valence-corrected chi connectivity index (χ0v) is 19.3. The average molecular weight is 463 g/mol. The standard InChI is InChI=1S/C23H34N4O6/c1-3-32-20(29)19-13(2)25-22(31)26-17(19)12-33-18(28)4-5-24-21(30)27-23-9-14-6-15(10-23)8-16(7-14)11-23/h13-16H,3-12H2,1-2H3,(H2,24,27,30)(H2,25,26,31). The van der Waals surface area contributed by atoms with Crippen LogP contribution in [0.25, 0.3) is 0 Å². The van der Waals surface area contributed by atoms with Crippen LogP contribution in [-0.4, -0.2) is 55.3 Å². The van der Waals surface area contributed by atoms with Crippen molar-refractivity contribution in [3.63, 3.8) is 0 Å². The van der Waals surface area contributed by atoms with E-state index in [-0.39, 0.29) is 49.0 Å². The summed E-state index contributed by atoms with van der Waals surface area (Å²) in [5, 5.41) is 11.1. The molecule has 4 bridgehead atoms. The summed E-state index contributed by atoms with van der Waals surface area (Å²) in [7, 11) is 0. The summed E-state index contributed by atoms with van der Waals surface area (Å²) in [4.78, 5) is 48.6. The Morgan fingerprint density at radius 1 is 1.06 bits per heavy atom. The number of carbonyl (C=O) groups excluding carboxylic acids is 4. The Balaban J connectivity index is 1.22. The lowest BCUT2D eigenvalue weighted by Crippen LogP contribution is -2.61. The summed E-state index contributed by atoms with van der Waals surface area (Å²) >= 11 is 0. The molecule has 1 unspecified atom stereocenters. The van der Waals surface area contributed by atoms with Crippen molar-refractivity contribution in [1.82, 2.24) is 21.3 Å². The molecule has 0 spiro atoms. The average Bonchev–Trinajstić information content (AvgIpc) is 2.70. The van der Waals surface area contributed by atoms with Gasteiger partial charge in [0.15, 0.2) is 0 Å². The molecule has 4 aliphatic carbocycles. The molecular formula is C23H34N4O6. The molecule has 4 fully saturated rings. The second kappa shape index (κ2) is 9.61. The van der Waals surface area contributed by atoms with Crippen LogP contribution in [0.3, 0.4) is 0 Å². The highest BCUT2D eigenvalue weighted by atomic mass is 16.5. The minimum absolute atomic E-state index is 0.0158. The molecule has 1 heterocycles. The lowest BCUT2D eigenvalue weighted by molar-refractivity contribution is -0.143. The second-order valence-electron chi connectivity index (χ2n) is 9.92. The molecule has 0 aromatic carbocycles. The Hall–Kier alpha value is -2.78. The molecule has 10 heteroatoms. The van der Waals surface area contributed by atoms with E-state index in [1.807, 2.05) is 0 Å². The molecule has 4 amide bonds.